The molecule has 0 saturated heterocycles. The standard InChI is InChI=1S/C13H15NO3/c15-8-14-12(7-13(16)17)11-4-2-1-3-10(11)9-5-6-9/h1-4,8-9,12H,5-7H2,(H,14,15)(H,16,17)/t12-/m1/s1. The Morgan fingerprint density at radius 1 is 1.47 bits per heavy atom. The van der Waals surface area contributed by atoms with Crippen molar-refractivity contribution in [3.05, 3.63) is 35.4 Å². The van der Waals surface area contributed by atoms with E-state index in [0.717, 1.165) is 18.4 Å². The Balaban J connectivity index is 2.27. The van der Waals surface area contributed by atoms with Gasteiger partial charge in [0.25, 0.3) is 0 Å². The van der Waals surface area contributed by atoms with Crippen LogP contribution in [0.3, 0.4) is 0 Å². The Kier molecular flexibility index (Phi) is 3.42. The van der Waals surface area contributed by atoms with Gasteiger partial charge in [-0.05, 0) is 29.9 Å². The SMILES string of the molecule is O=CN[C@H](CC(=O)O)c1ccccc1C1CC1. The molecule has 90 valence electrons. The summed E-state index contributed by atoms with van der Waals surface area (Å²) in [6.45, 7) is 0. The lowest BCUT2D eigenvalue weighted by molar-refractivity contribution is -0.137. The molecule has 0 spiro atoms. The molecule has 4 heteroatoms. The first-order valence-electron chi connectivity index (χ1n) is 5.72. The summed E-state index contributed by atoms with van der Waals surface area (Å²) in [7, 11) is 0. The molecule has 1 saturated carbocycles. The number of nitrogens with one attached hydrogen (secondary N) is 1. The van der Waals surface area contributed by atoms with Crippen LogP contribution in [0.4, 0.5) is 0 Å². The Morgan fingerprint density at radius 2 is 2.18 bits per heavy atom. The molecular weight excluding hydrogens is 218 g/mol. The van der Waals surface area contributed by atoms with E-state index in [9.17, 15) is 9.59 Å². The molecule has 0 heterocycles. The van der Waals surface area contributed by atoms with Gasteiger partial charge in [-0.1, -0.05) is 24.3 Å². The minimum absolute atomic E-state index is 0.0809. The molecule has 0 radical (unpaired) electrons. The van der Waals surface area contributed by atoms with Crippen molar-refractivity contribution in [1.82, 2.24) is 5.32 Å². The highest BCUT2D eigenvalue weighted by Crippen LogP contribution is 2.43. The van der Waals surface area contributed by atoms with Gasteiger partial charge in [0.2, 0.25) is 6.41 Å². The van der Waals surface area contributed by atoms with Crippen LogP contribution in [0.1, 0.15) is 42.3 Å². The first-order valence-corrected chi connectivity index (χ1v) is 5.72. The molecule has 1 aliphatic carbocycles. The number of benzene rings is 1. The van der Waals surface area contributed by atoms with Crippen LogP contribution in [0, 0.1) is 0 Å². The molecule has 1 atom stereocenters. The molecule has 1 aliphatic rings. The molecular formula is C13H15NO3. The second-order valence-corrected chi connectivity index (χ2v) is 4.34. The fourth-order valence-electron chi connectivity index (χ4n) is 2.11. The summed E-state index contributed by atoms with van der Waals surface area (Å²) in [5.41, 5.74) is 2.11. The third-order valence-corrected chi connectivity index (χ3v) is 3.04. The van der Waals surface area contributed by atoms with E-state index in [1.807, 2.05) is 24.3 Å². The lowest BCUT2D eigenvalue weighted by Gasteiger charge is -2.18. The topological polar surface area (TPSA) is 66.4 Å². The van der Waals surface area contributed by atoms with Crippen molar-refractivity contribution in [3.63, 3.8) is 0 Å². The van der Waals surface area contributed by atoms with Gasteiger partial charge in [-0.2, -0.15) is 0 Å². The van der Waals surface area contributed by atoms with E-state index in [2.05, 4.69) is 5.32 Å². The van der Waals surface area contributed by atoms with Gasteiger partial charge < -0.3 is 10.4 Å². The minimum atomic E-state index is -0.907. The summed E-state index contributed by atoms with van der Waals surface area (Å²) < 4.78 is 0. The zero-order valence-corrected chi connectivity index (χ0v) is 9.43. The van der Waals surface area contributed by atoms with Crippen molar-refractivity contribution in [2.75, 3.05) is 0 Å². The van der Waals surface area contributed by atoms with Crippen molar-refractivity contribution in [2.24, 2.45) is 0 Å². The average molecular weight is 233 g/mol. The Bertz CT molecular complexity index is 426. The normalized spacial score (nSPS) is 16.2. The van der Waals surface area contributed by atoms with Crippen molar-refractivity contribution < 1.29 is 14.7 Å². The van der Waals surface area contributed by atoms with Gasteiger partial charge in [0.15, 0.2) is 0 Å². The Morgan fingerprint density at radius 3 is 2.76 bits per heavy atom. The quantitative estimate of drug-likeness (QED) is 0.736. The number of amides is 1. The molecule has 1 aromatic carbocycles. The van der Waals surface area contributed by atoms with Crippen LogP contribution in [0.2, 0.25) is 0 Å². The first-order chi connectivity index (χ1) is 8.22. The van der Waals surface area contributed by atoms with Crippen LogP contribution < -0.4 is 5.32 Å². The van der Waals surface area contributed by atoms with Crippen LogP contribution >= 0.6 is 0 Å². The Hall–Kier alpha value is -1.84. The van der Waals surface area contributed by atoms with Gasteiger partial charge in [0.05, 0.1) is 12.5 Å². The number of aliphatic carboxylic acids is 1. The highest BCUT2D eigenvalue weighted by molar-refractivity contribution is 5.69. The van der Waals surface area contributed by atoms with E-state index in [1.54, 1.807) is 0 Å². The summed E-state index contributed by atoms with van der Waals surface area (Å²) in [4.78, 5) is 21.4. The van der Waals surface area contributed by atoms with Gasteiger partial charge in [0, 0.05) is 0 Å². The monoisotopic (exact) mass is 233 g/mol. The lowest BCUT2D eigenvalue weighted by atomic mass is 9.95. The maximum Gasteiger partial charge on any atom is 0.305 e. The largest absolute Gasteiger partial charge is 0.481 e. The van der Waals surface area contributed by atoms with Crippen molar-refractivity contribution in [1.29, 1.82) is 0 Å². The van der Waals surface area contributed by atoms with Crippen LogP contribution in [0.5, 0.6) is 0 Å². The number of carboxylic acids is 1. The first kappa shape index (κ1) is 11.6. The second-order valence-electron chi connectivity index (χ2n) is 4.34. The third kappa shape index (κ3) is 2.84. The zero-order chi connectivity index (χ0) is 12.3. The number of rotatable bonds is 6. The minimum Gasteiger partial charge on any atom is -0.481 e. The van der Waals surface area contributed by atoms with E-state index >= 15 is 0 Å². The summed E-state index contributed by atoms with van der Waals surface area (Å²) in [6, 6.07) is 7.33. The van der Waals surface area contributed by atoms with Crippen LogP contribution in [-0.4, -0.2) is 17.5 Å². The van der Waals surface area contributed by atoms with Crippen LogP contribution in [0.15, 0.2) is 24.3 Å². The highest BCUT2D eigenvalue weighted by Gasteiger charge is 2.28. The smallest absolute Gasteiger partial charge is 0.305 e. The molecule has 2 rings (SSSR count). The van der Waals surface area contributed by atoms with Gasteiger partial charge in [0.1, 0.15) is 0 Å². The molecule has 1 fully saturated rings. The fraction of sp³-hybridized carbons (Fsp3) is 0.385. The van der Waals surface area contributed by atoms with Gasteiger partial charge in [-0.15, -0.1) is 0 Å². The highest BCUT2D eigenvalue weighted by atomic mass is 16.4. The number of hydrogen-bond acceptors (Lipinski definition) is 2. The zero-order valence-electron chi connectivity index (χ0n) is 9.43. The molecule has 2 N–H and O–H groups in total. The van der Waals surface area contributed by atoms with Gasteiger partial charge in [-0.25, -0.2) is 0 Å². The summed E-state index contributed by atoms with van der Waals surface area (Å²) in [6.07, 6.45) is 2.79. The average Bonchev–Trinajstić information content (AvgIpc) is 3.12. The maximum atomic E-state index is 10.8. The van der Waals surface area contributed by atoms with Crippen molar-refractivity contribution >= 4 is 12.4 Å². The number of hydrogen-bond donors (Lipinski definition) is 2. The van der Waals surface area contributed by atoms with E-state index in [0.29, 0.717) is 12.3 Å². The fourth-order valence-corrected chi connectivity index (χ4v) is 2.11. The second kappa shape index (κ2) is 4.99. The number of carbonyl (C=O) groups is 2. The predicted octanol–water partition coefficient (Wildman–Crippen LogP) is 1.83. The van der Waals surface area contributed by atoms with Crippen molar-refractivity contribution in [3.8, 4) is 0 Å². The molecule has 4 nitrogen and oxygen atoms in total. The molecule has 1 amide bonds. The molecule has 0 aromatic heterocycles. The summed E-state index contributed by atoms with van der Waals surface area (Å²) >= 11 is 0. The number of carbonyl (C=O) groups excluding carboxylic acids is 1. The molecule has 0 aliphatic heterocycles. The van der Waals surface area contributed by atoms with E-state index < -0.39 is 12.0 Å². The van der Waals surface area contributed by atoms with Crippen molar-refractivity contribution in [2.45, 2.75) is 31.2 Å². The molecule has 17 heavy (non-hydrogen) atoms. The van der Waals surface area contributed by atoms with E-state index in [1.165, 1.54) is 5.56 Å². The predicted molar refractivity (Wildman–Crippen MR) is 62.6 cm³/mol. The summed E-state index contributed by atoms with van der Waals surface area (Å²) in [5.74, 6) is -0.370. The summed E-state index contributed by atoms with van der Waals surface area (Å²) in [5, 5.41) is 11.5. The van der Waals surface area contributed by atoms with E-state index in [-0.39, 0.29) is 6.42 Å². The third-order valence-electron chi connectivity index (χ3n) is 3.04. The maximum absolute atomic E-state index is 10.8. The number of carboxylic acid groups (broad SMARTS) is 1. The van der Waals surface area contributed by atoms with Gasteiger partial charge >= 0.3 is 5.97 Å². The van der Waals surface area contributed by atoms with Gasteiger partial charge in [-0.3, -0.25) is 9.59 Å². The molecule has 0 bridgehead atoms. The Labute approximate surface area is 99.6 Å². The molecule has 1 aromatic rings. The van der Waals surface area contributed by atoms with E-state index in [4.69, 9.17) is 5.11 Å². The lowest BCUT2D eigenvalue weighted by Crippen LogP contribution is -2.23. The molecule has 0 unspecified atom stereocenters. The van der Waals surface area contributed by atoms with Crippen LogP contribution in [0.25, 0.3) is 0 Å². The van der Waals surface area contributed by atoms with Crippen LogP contribution in [-0.2, 0) is 9.59 Å².